The molecule has 0 radical (unpaired) electrons. The van der Waals surface area contributed by atoms with Crippen molar-refractivity contribution >= 4 is 11.6 Å². The third-order valence-electron chi connectivity index (χ3n) is 5.96. The van der Waals surface area contributed by atoms with E-state index in [-0.39, 0.29) is 23.4 Å². The van der Waals surface area contributed by atoms with Crippen molar-refractivity contribution in [2.75, 3.05) is 11.4 Å². The fraction of sp³-hybridized carbons (Fsp3) is 0.409. The Hall–Kier alpha value is -2.50. The quantitative estimate of drug-likeness (QED) is 0.740. The normalized spacial score (nSPS) is 23.6. The van der Waals surface area contributed by atoms with Crippen molar-refractivity contribution < 1.29 is 18.0 Å². The molecule has 0 N–H and O–H groups in total. The molecule has 28 heavy (non-hydrogen) atoms. The lowest BCUT2D eigenvalue weighted by atomic mass is 9.93. The number of nitrogens with zero attached hydrogens (tertiary/aromatic N) is 2. The molecule has 0 bridgehead atoms. The minimum atomic E-state index is -0.841. The van der Waals surface area contributed by atoms with E-state index in [1.807, 2.05) is 6.07 Å². The molecule has 1 amide bonds. The molecule has 2 fully saturated rings. The molecular weight excluding hydrogens is 365 g/mol. The van der Waals surface area contributed by atoms with Gasteiger partial charge in [-0.3, -0.25) is 4.79 Å². The summed E-state index contributed by atoms with van der Waals surface area (Å²) in [7, 11) is 0. The van der Waals surface area contributed by atoms with Crippen LogP contribution >= 0.6 is 0 Å². The number of amides is 1. The highest BCUT2D eigenvalue weighted by molar-refractivity contribution is 5.95. The van der Waals surface area contributed by atoms with Crippen molar-refractivity contribution in [1.82, 2.24) is 4.90 Å². The van der Waals surface area contributed by atoms with Gasteiger partial charge in [0.2, 0.25) is 0 Å². The Morgan fingerprint density at radius 3 is 2.39 bits per heavy atom. The highest BCUT2D eigenvalue weighted by Crippen LogP contribution is 2.44. The SMILES string of the molecule is CC1(C)C[C@H]2[C@H](CCCN2C(=O)c2c(F)cccc2F)N1c1cccc(F)c1. The van der Waals surface area contributed by atoms with Gasteiger partial charge in [0.1, 0.15) is 23.0 Å². The van der Waals surface area contributed by atoms with Gasteiger partial charge >= 0.3 is 0 Å². The van der Waals surface area contributed by atoms with E-state index in [2.05, 4.69) is 18.7 Å². The number of anilines is 1. The maximum atomic E-state index is 14.2. The lowest BCUT2D eigenvalue weighted by Crippen LogP contribution is -2.53. The second-order valence-electron chi connectivity index (χ2n) is 8.24. The molecule has 0 spiro atoms. The summed E-state index contributed by atoms with van der Waals surface area (Å²) in [5.41, 5.74) is -0.0474. The monoisotopic (exact) mass is 388 g/mol. The first-order valence-corrected chi connectivity index (χ1v) is 9.59. The molecule has 0 aliphatic carbocycles. The van der Waals surface area contributed by atoms with E-state index in [4.69, 9.17) is 0 Å². The van der Waals surface area contributed by atoms with Crippen LogP contribution in [-0.2, 0) is 0 Å². The summed E-state index contributed by atoms with van der Waals surface area (Å²) in [6, 6.07) is 9.71. The van der Waals surface area contributed by atoms with Crippen molar-refractivity contribution in [3.63, 3.8) is 0 Å². The van der Waals surface area contributed by atoms with Gasteiger partial charge in [0, 0.05) is 17.8 Å². The minimum Gasteiger partial charge on any atom is -0.361 e. The lowest BCUT2D eigenvalue weighted by Gasteiger charge is -2.42. The van der Waals surface area contributed by atoms with Crippen LogP contribution in [0.1, 0.15) is 43.5 Å². The van der Waals surface area contributed by atoms with Gasteiger partial charge in [-0.05, 0) is 63.4 Å². The molecule has 6 heteroatoms. The average molecular weight is 388 g/mol. The number of piperidine rings is 1. The van der Waals surface area contributed by atoms with Gasteiger partial charge in [-0.15, -0.1) is 0 Å². The molecule has 2 saturated heterocycles. The maximum Gasteiger partial charge on any atom is 0.260 e. The number of carbonyl (C=O) groups is 1. The van der Waals surface area contributed by atoms with E-state index in [9.17, 15) is 18.0 Å². The van der Waals surface area contributed by atoms with Crippen LogP contribution in [-0.4, -0.2) is 35.0 Å². The Kier molecular flexibility index (Phi) is 4.60. The predicted octanol–water partition coefficient (Wildman–Crippen LogP) is 4.77. The smallest absolute Gasteiger partial charge is 0.260 e. The van der Waals surface area contributed by atoms with E-state index < -0.39 is 23.1 Å². The molecule has 2 heterocycles. The van der Waals surface area contributed by atoms with E-state index in [1.165, 1.54) is 18.2 Å². The van der Waals surface area contributed by atoms with Crippen molar-refractivity contribution in [1.29, 1.82) is 0 Å². The fourth-order valence-corrected chi connectivity index (χ4v) is 4.91. The first-order chi connectivity index (χ1) is 13.3. The van der Waals surface area contributed by atoms with Crippen molar-refractivity contribution in [3.8, 4) is 0 Å². The summed E-state index contributed by atoms with van der Waals surface area (Å²) >= 11 is 0. The molecule has 0 unspecified atom stereocenters. The largest absolute Gasteiger partial charge is 0.361 e. The number of likely N-dealkylation sites (tertiary alicyclic amines) is 1. The molecule has 2 aliphatic heterocycles. The Morgan fingerprint density at radius 2 is 1.71 bits per heavy atom. The standard InChI is InChI=1S/C22H23F3N2O/c1-22(2)13-19-18(27(22)15-7-3-6-14(23)12-15)10-5-11-26(19)21(28)20-16(24)8-4-9-17(20)25/h3-4,6-9,12,18-19H,5,10-11,13H2,1-2H3/t18-,19-/m0/s1. The number of hydrogen-bond acceptors (Lipinski definition) is 2. The van der Waals surface area contributed by atoms with Gasteiger partial charge in [-0.25, -0.2) is 13.2 Å². The topological polar surface area (TPSA) is 23.6 Å². The zero-order valence-corrected chi connectivity index (χ0v) is 16.0. The summed E-state index contributed by atoms with van der Waals surface area (Å²) in [5.74, 6) is -2.60. The molecule has 2 atom stereocenters. The van der Waals surface area contributed by atoms with Gasteiger partial charge < -0.3 is 9.80 Å². The summed E-state index contributed by atoms with van der Waals surface area (Å²) < 4.78 is 42.2. The number of fused-ring (bicyclic) bond motifs is 1. The summed E-state index contributed by atoms with van der Waals surface area (Å²) in [6.07, 6.45) is 2.22. The molecule has 2 aromatic rings. The number of halogens is 3. The summed E-state index contributed by atoms with van der Waals surface area (Å²) in [6.45, 7) is 4.58. The number of rotatable bonds is 2. The molecule has 0 aromatic heterocycles. The Balaban J connectivity index is 1.70. The predicted molar refractivity (Wildman–Crippen MR) is 102 cm³/mol. The maximum absolute atomic E-state index is 14.2. The average Bonchev–Trinajstić information content (AvgIpc) is 2.91. The van der Waals surface area contributed by atoms with E-state index >= 15 is 0 Å². The molecule has 0 saturated carbocycles. The third-order valence-corrected chi connectivity index (χ3v) is 5.96. The number of carbonyl (C=O) groups excluding carboxylic acids is 1. The van der Waals surface area contributed by atoms with Crippen LogP contribution in [0.2, 0.25) is 0 Å². The van der Waals surface area contributed by atoms with Gasteiger partial charge in [0.25, 0.3) is 5.91 Å². The third kappa shape index (κ3) is 3.05. The van der Waals surface area contributed by atoms with Crippen molar-refractivity contribution in [2.24, 2.45) is 0 Å². The molecule has 3 nitrogen and oxygen atoms in total. The minimum absolute atomic E-state index is 0.0238. The Labute approximate surface area is 162 Å². The highest BCUT2D eigenvalue weighted by Gasteiger charge is 2.51. The number of benzene rings is 2. The second kappa shape index (κ2) is 6.83. The van der Waals surface area contributed by atoms with Gasteiger partial charge in [-0.2, -0.15) is 0 Å². The highest BCUT2D eigenvalue weighted by atomic mass is 19.1. The lowest BCUT2D eigenvalue weighted by molar-refractivity contribution is 0.0595. The molecule has 2 aromatic carbocycles. The first kappa shape index (κ1) is 18.8. The summed E-state index contributed by atoms with van der Waals surface area (Å²) in [5, 5.41) is 0. The van der Waals surface area contributed by atoms with Crippen LogP contribution in [0, 0.1) is 17.5 Å². The zero-order valence-electron chi connectivity index (χ0n) is 16.0. The summed E-state index contributed by atoms with van der Waals surface area (Å²) in [4.78, 5) is 16.8. The molecule has 4 rings (SSSR count). The Morgan fingerprint density at radius 1 is 1.04 bits per heavy atom. The fourth-order valence-electron chi connectivity index (χ4n) is 4.91. The van der Waals surface area contributed by atoms with Crippen LogP contribution < -0.4 is 4.90 Å². The van der Waals surface area contributed by atoms with Crippen LogP contribution in [0.3, 0.4) is 0 Å². The Bertz CT molecular complexity index is 894. The second-order valence-corrected chi connectivity index (χ2v) is 8.24. The molecule has 148 valence electrons. The zero-order chi connectivity index (χ0) is 20.1. The first-order valence-electron chi connectivity index (χ1n) is 9.59. The number of hydrogen-bond donors (Lipinski definition) is 0. The van der Waals surface area contributed by atoms with E-state index in [1.54, 1.807) is 11.0 Å². The molecule has 2 aliphatic rings. The van der Waals surface area contributed by atoms with Crippen molar-refractivity contribution in [3.05, 3.63) is 65.5 Å². The van der Waals surface area contributed by atoms with E-state index in [0.29, 0.717) is 13.0 Å². The van der Waals surface area contributed by atoms with E-state index in [0.717, 1.165) is 30.7 Å². The van der Waals surface area contributed by atoms with Crippen LogP contribution in [0.4, 0.5) is 18.9 Å². The van der Waals surface area contributed by atoms with Crippen LogP contribution in [0.5, 0.6) is 0 Å². The van der Waals surface area contributed by atoms with Crippen molar-refractivity contribution in [2.45, 2.75) is 50.7 Å². The van der Waals surface area contributed by atoms with Crippen LogP contribution in [0.25, 0.3) is 0 Å². The van der Waals surface area contributed by atoms with Gasteiger partial charge in [0.15, 0.2) is 0 Å². The molecular formula is C22H23F3N2O. The van der Waals surface area contributed by atoms with Gasteiger partial charge in [0.05, 0.1) is 12.1 Å². The van der Waals surface area contributed by atoms with Gasteiger partial charge in [-0.1, -0.05) is 12.1 Å². The van der Waals surface area contributed by atoms with Crippen LogP contribution in [0.15, 0.2) is 42.5 Å².